The Bertz CT molecular complexity index is 537. The van der Waals surface area contributed by atoms with Crippen molar-refractivity contribution < 1.29 is 4.39 Å². The van der Waals surface area contributed by atoms with Crippen molar-refractivity contribution in [3.8, 4) is 0 Å². The van der Waals surface area contributed by atoms with Gasteiger partial charge in [0.05, 0.1) is 0 Å². The molecule has 0 aliphatic rings. The van der Waals surface area contributed by atoms with Gasteiger partial charge in [0.25, 0.3) is 0 Å². The maximum atomic E-state index is 13.1. The lowest BCUT2D eigenvalue weighted by molar-refractivity contribution is 0.626. The van der Waals surface area contributed by atoms with Crippen LogP contribution in [0.25, 0.3) is 0 Å². The molecule has 0 aromatic heterocycles. The summed E-state index contributed by atoms with van der Waals surface area (Å²) in [5, 5.41) is 3.83. The molecule has 1 N–H and O–H groups in total. The molecule has 2 aromatic carbocycles. The van der Waals surface area contributed by atoms with Gasteiger partial charge in [-0.15, -0.1) is 0 Å². The minimum Gasteiger partial charge on any atom is -0.381 e. The zero-order valence-corrected chi connectivity index (χ0v) is 11.7. The summed E-state index contributed by atoms with van der Waals surface area (Å²) in [6.45, 7) is 2.68. The molecule has 0 saturated heterocycles. The molecule has 0 spiro atoms. The van der Waals surface area contributed by atoms with E-state index in [9.17, 15) is 4.39 Å². The predicted molar refractivity (Wildman–Crippen MR) is 79.2 cm³/mol. The first-order valence-electron chi connectivity index (χ1n) is 6.46. The van der Waals surface area contributed by atoms with E-state index >= 15 is 0 Å². The van der Waals surface area contributed by atoms with Crippen LogP contribution in [0.3, 0.4) is 0 Å². The minimum atomic E-state index is -0.264. The van der Waals surface area contributed by atoms with Gasteiger partial charge < -0.3 is 5.32 Å². The van der Waals surface area contributed by atoms with E-state index < -0.39 is 0 Å². The number of anilines is 1. The quantitative estimate of drug-likeness (QED) is 0.807. The zero-order valence-electron chi connectivity index (χ0n) is 10.9. The highest BCUT2D eigenvalue weighted by atomic mass is 35.5. The van der Waals surface area contributed by atoms with E-state index in [1.165, 1.54) is 17.7 Å². The molecule has 0 unspecified atom stereocenters. The minimum absolute atomic E-state index is 0.264. The Morgan fingerprint density at radius 1 is 1.11 bits per heavy atom. The van der Waals surface area contributed by atoms with Crippen LogP contribution in [-0.4, -0.2) is 0 Å². The molecule has 2 rings (SSSR count). The summed E-state index contributed by atoms with van der Waals surface area (Å²) in [6.07, 6.45) is 2.24. The fourth-order valence-electron chi connectivity index (χ4n) is 1.95. The van der Waals surface area contributed by atoms with Gasteiger partial charge in [-0.2, -0.15) is 0 Å². The molecular formula is C16H17ClFN. The van der Waals surface area contributed by atoms with Gasteiger partial charge in [0.15, 0.2) is 0 Å². The molecule has 0 bridgehead atoms. The molecule has 0 amide bonds. The summed E-state index contributed by atoms with van der Waals surface area (Å²) in [7, 11) is 0. The second kappa shape index (κ2) is 6.58. The monoisotopic (exact) mass is 277 g/mol. The first kappa shape index (κ1) is 13.9. The average molecular weight is 278 g/mol. The molecule has 19 heavy (non-hydrogen) atoms. The third-order valence-electron chi connectivity index (χ3n) is 2.98. The summed E-state index contributed by atoms with van der Waals surface area (Å²) >= 11 is 6.02. The predicted octanol–water partition coefficient (Wildman–Crippen LogP) is 5.04. The lowest BCUT2D eigenvalue weighted by atomic mass is 10.1. The lowest BCUT2D eigenvalue weighted by Gasteiger charge is -2.09. The smallest absolute Gasteiger partial charge is 0.123 e. The van der Waals surface area contributed by atoms with Crippen molar-refractivity contribution in [2.24, 2.45) is 0 Å². The van der Waals surface area contributed by atoms with Gasteiger partial charge in [0, 0.05) is 17.3 Å². The van der Waals surface area contributed by atoms with E-state index in [-0.39, 0.29) is 5.82 Å². The molecule has 0 heterocycles. The highest BCUT2D eigenvalue weighted by Gasteiger charge is 2.02. The molecule has 2 aromatic rings. The summed E-state index contributed by atoms with van der Waals surface area (Å²) in [5.41, 5.74) is 3.11. The Kier molecular flexibility index (Phi) is 4.80. The highest BCUT2D eigenvalue weighted by Crippen LogP contribution is 2.19. The van der Waals surface area contributed by atoms with Gasteiger partial charge in [-0.25, -0.2) is 4.39 Å². The first-order valence-corrected chi connectivity index (χ1v) is 6.83. The largest absolute Gasteiger partial charge is 0.381 e. The fourth-order valence-corrected chi connectivity index (χ4v) is 2.14. The normalized spacial score (nSPS) is 10.5. The Hall–Kier alpha value is -1.54. The third kappa shape index (κ3) is 3.97. The average Bonchev–Trinajstić information content (AvgIpc) is 2.42. The standard InChI is InChI=1S/C16H17ClFN/c1-2-3-12-4-7-15(8-5-12)19-11-13-10-14(18)6-9-16(13)17/h4-10,19H,2-3,11H2,1H3. The maximum absolute atomic E-state index is 13.1. The van der Waals surface area contributed by atoms with E-state index in [4.69, 9.17) is 11.6 Å². The van der Waals surface area contributed by atoms with Gasteiger partial charge in [-0.1, -0.05) is 37.1 Å². The Labute approximate surface area is 118 Å². The molecule has 0 atom stereocenters. The van der Waals surface area contributed by atoms with E-state index in [1.54, 1.807) is 6.07 Å². The molecule has 0 aliphatic carbocycles. The van der Waals surface area contributed by atoms with Crippen LogP contribution in [0.5, 0.6) is 0 Å². The summed E-state index contributed by atoms with van der Waals surface area (Å²) in [4.78, 5) is 0. The van der Waals surface area contributed by atoms with Crippen LogP contribution < -0.4 is 5.32 Å². The molecule has 0 radical (unpaired) electrons. The number of aryl methyl sites for hydroxylation is 1. The maximum Gasteiger partial charge on any atom is 0.123 e. The van der Waals surface area contributed by atoms with Crippen LogP contribution in [0.2, 0.25) is 5.02 Å². The number of hydrogen-bond donors (Lipinski definition) is 1. The molecule has 1 nitrogen and oxygen atoms in total. The lowest BCUT2D eigenvalue weighted by Crippen LogP contribution is -2.00. The third-order valence-corrected chi connectivity index (χ3v) is 3.35. The van der Waals surface area contributed by atoms with Crippen LogP contribution in [0.15, 0.2) is 42.5 Å². The second-order valence-electron chi connectivity index (χ2n) is 4.54. The Morgan fingerprint density at radius 3 is 2.53 bits per heavy atom. The van der Waals surface area contributed by atoms with Gasteiger partial charge >= 0.3 is 0 Å². The van der Waals surface area contributed by atoms with Gasteiger partial charge in [-0.3, -0.25) is 0 Å². The van der Waals surface area contributed by atoms with Crippen LogP contribution in [0.1, 0.15) is 24.5 Å². The summed E-state index contributed by atoms with van der Waals surface area (Å²) in [5.74, 6) is -0.264. The number of halogens is 2. The van der Waals surface area contributed by atoms with Crippen LogP contribution in [0, 0.1) is 5.82 Å². The van der Waals surface area contributed by atoms with Crippen molar-refractivity contribution in [2.45, 2.75) is 26.3 Å². The van der Waals surface area contributed by atoms with Crippen molar-refractivity contribution in [3.05, 3.63) is 64.4 Å². The zero-order chi connectivity index (χ0) is 13.7. The molecule has 3 heteroatoms. The Morgan fingerprint density at radius 2 is 1.84 bits per heavy atom. The van der Waals surface area contributed by atoms with Crippen molar-refractivity contribution in [1.82, 2.24) is 0 Å². The van der Waals surface area contributed by atoms with E-state index in [1.807, 2.05) is 12.1 Å². The van der Waals surface area contributed by atoms with Gasteiger partial charge in [0.1, 0.15) is 5.82 Å². The topological polar surface area (TPSA) is 12.0 Å². The van der Waals surface area contributed by atoms with E-state index in [0.29, 0.717) is 11.6 Å². The second-order valence-corrected chi connectivity index (χ2v) is 4.94. The fraction of sp³-hybridized carbons (Fsp3) is 0.250. The van der Waals surface area contributed by atoms with E-state index in [0.717, 1.165) is 24.1 Å². The van der Waals surface area contributed by atoms with Gasteiger partial charge in [-0.05, 0) is 47.9 Å². The number of benzene rings is 2. The first-order chi connectivity index (χ1) is 9.19. The van der Waals surface area contributed by atoms with Crippen molar-refractivity contribution in [2.75, 3.05) is 5.32 Å². The van der Waals surface area contributed by atoms with Gasteiger partial charge in [0.2, 0.25) is 0 Å². The van der Waals surface area contributed by atoms with E-state index in [2.05, 4.69) is 24.4 Å². The highest BCUT2D eigenvalue weighted by molar-refractivity contribution is 6.31. The van der Waals surface area contributed by atoms with Crippen LogP contribution in [0.4, 0.5) is 10.1 Å². The summed E-state index contributed by atoms with van der Waals surface area (Å²) < 4.78 is 13.1. The molecule has 0 fully saturated rings. The number of nitrogens with one attached hydrogen (secondary N) is 1. The number of rotatable bonds is 5. The molecule has 100 valence electrons. The molecular weight excluding hydrogens is 261 g/mol. The number of hydrogen-bond acceptors (Lipinski definition) is 1. The van der Waals surface area contributed by atoms with Crippen molar-refractivity contribution in [3.63, 3.8) is 0 Å². The SMILES string of the molecule is CCCc1ccc(NCc2cc(F)ccc2Cl)cc1. The Balaban J connectivity index is 2.00. The van der Waals surface area contributed by atoms with Crippen LogP contribution in [-0.2, 0) is 13.0 Å². The van der Waals surface area contributed by atoms with Crippen LogP contribution >= 0.6 is 11.6 Å². The molecule has 0 aliphatic heterocycles. The summed E-state index contributed by atoms with van der Waals surface area (Å²) in [6, 6.07) is 12.7. The van der Waals surface area contributed by atoms with Crippen molar-refractivity contribution in [1.29, 1.82) is 0 Å². The molecule has 0 saturated carbocycles. The van der Waals surface area contributed by atoms with Crippen molar-refractivity contribution >= 4 is 17.3 Å².